The quantitative estimate of drug-likeness (QED) is 0.321. The van der Waals surface area contributed by atoms with Crippen molar-refractivity contribution in [3.05, 3.63) is 93.2 Å². The molecule has 4 rings (SSSR count). The molecule has 2 aromatic rings. The average molecular weight is 583 g/mol. The van der Waals surface area contributed by atoms with Crippen LogP contribution >= 0.6 is 23.2 Å². The minimum absolute atomic E-state index is 0.272. The molecule has 0 spiro atoms. The van der Waals surface area contributed by atoms with Crippen LogP contribution in [0.4, 0.5) is 0 Å². The number of allylic oxidation sites excluding steroid dienone is 2. The van der Waals surface area contributed by atoms with Gasteiger partial charge in [0.15, 0.2) is 0 Å². The van der Waals surface area contributed by atoms with Crippen molar-refractivity contribution in [1.29, 1.82) is 0 Å². The second-order valence-corrected chi connectivity index (χ2v) is 10.2. The van der Waals surface area contributed by atoms with Crippen LogP contribution in [0, 0.1) is 0 Å². The Kier molecular flexibility index (Phi) is 9.07. The summed E-state index contributed by atoms with van der Waals surface area (Å²) in [6.45, 7) is 4.09. The van der Waals surface area contributed by atoms with Crippen LogP contribution in [0.2, 0.25) is 10.0 Å². The van der Waals surface area contributed by atoms with Crippen LogP contribution in [-0.4, -0.2) is 66.5 Å². The molecule has 0 N–H and O–H groups in total. The van der Waals surface area contributed by atoms with E-state index in [2.05, 4.69) is 10.2 Å². The minimum Gasteiger partial charge on any atom is -0.466 e. The number of ether oxygens (including phenoxy) is 2. The molecule has 0 aromatic heterocycles. The minimum atomic E-state index is -0.526. The number of hydrogen-bond acceptors (Lipinski definition) is 9. The van der Waals surface area contributed by atoms with Crippen LogP contribution < -0.4 is 0 Å². The topological polar surface area (TPSA) is 101 Å². The maximum atomic E-state index is 14.3. The van der Waals surface area contributed by atoms with Gasteiger partial charge in [0.2, 0.25) is 5.78 Å². The molecular formula is C29H28Cl2N4O5. The summed E-state index contributed by atoms with van der Waals surface area (Å²) in [5, 5.41) is 13.7. The molecule has 2 unspecified atom stereocenters. The van der Waals surface area contributed by atoms with Crippen LogP contribution in [-0.2, 0) is 23.9 Å². The Morgan fingerprint density at radius 2 is 1.07 bits per heavy atom. The SMILES string of the molecule is COC(=O)/C=C(\C)N1CC(c2ccc(Cl)cc2)C(C(=O)C2=NN(/C(C)=C/C(=O)OC)CC2c2ccc(Cl)cc2)=N1. The lowest BCUT2D eigenvalue weighted by molar-refractivity contribution is -0.135. The van der Waals surface area contributed by atoms with Crippen molar-refractivity contribution in [3.63, 3.8) is 0 Å². The van der Waals surface area contributed by atoms with E-state index in [9.17, 15) is 14.4 Å². The van der Waals surface area contributed by atoms with Gasteiger partial charge in [-0.2, -0.15) is 10.2 Å². The highest BCUT2D eigenvalue weighted by molar-refractivity contribution is 6.68. The molecule has 11 heteroatoms. The Bertz CT molecular complexity index is 1320. The fourth-order valence-electron chi connectivity index (χ4n) is 4.51. The summed E-state index contributed by atoms with van der Waals surface area (Å²) in [6, 6.07) is 14.4. The molecule has 0 radical (unpaired) electrons. The van der Waals surface area contributed by atoms with E-state index >= 15 is 0 Å². The number of hydrazone groups is 2. The highest BCUT2D eigenvalue weighted by atomic mass is 35.5. The zero-order valence-corrected chi connectivity index (χ0v) is 23.9. The predicted molar refractivity (Wildman–Crippen MR) is 153 cm³/mol. The van der Waals surface area contributed by atoms with Crippen molar-refractivity contribution in [2.45, 2.75) is 25.7 Å². The Labute approximate surface area is 242 Å². The van der Waals surface area contributed by atoms with Crippen LogP contribution in [0.5, 0.6) is 0 Å². The second-order valence-electron chi connectivity index (χ2n) is 9.29. The van der Waals surface area contributed by atoms with Crippen molar-refractivity contribution < 1.29 is 23.9 Å². The Balaban J connectivity index is 1.77. The Morgan fingerprint density at radius 1 is 0.725 bits per heavy atom. The molecule has 0 saturated heterocycles. The van der Waals surface area contributed by atoms with Gasteiger partial charge in [-0.15, -0.1) is 0 Å². The highest BCUT2D eigenvalue weighted by Gasteiger charge is 2.41. The van der Waals surface area contributed by atoms with Crippen LogP contribution in [0.1, 0.15) is 36.8 Å². The summed E-state index contributed by atoms with van der Waals surface area (Å²) in [5.74, 6) is -2.23. The zero-order chi connectivity index (χ0) is 29.0. The zero-order valence-electron chi connectivity index (χ0n) is 22.4. The molecule has 2 aliphatic rings. The van der Waals surface area contributed by atoms with Crippen molar-refractivity contribution in [1.82, 2.24) is 10.0 Å². The van der Waals surface area contributed by atoms with Gasteiger partial charge in [-0.05, 0) is 49.2 Å². The van der Waals surface area contributed by atoms with Gasteiger partial charge in [0, 0.05) is 33.6 Å². The van der Waals surface area contributed by atoms with Gasteiger partial charge >= 0.3 is 11.9 Å². The number of ketones is 1. The summed E-state index contributed by atoms with van der Waals surface area (Å²) in [4.78, 5) is 38.0. The first-order valence-corrected chi connectivity index (χ1v) is 13.2. The van der Waals surface area contributed by atoms with Crippen molar-refractivity contribution >= 4 is 52.3 Å². The smallest absolute Gasteiger partial charge is 0.332 e. The number of benzene rings is 2. The van der Waals surface area contributed by atoms with Gasteiger partial charge < -0.3 is 9.47 Å². The Morgan fingerprint density at radius 3 is 1.40 bits per heavy atom. The molecule has 2 atom stereocenters. The summed E-state index contributed by atoms with van der Waals surface area (Å²) in [7, 11) is 2.59. The molecule has 2 heterocycles. The maximum absolute atomic E-state index is 14.3. The molecule has 2 aliphatic heterocycles. The van der Waals surface area contributed by atoms with Crippen LogP contribution in [0.3, 0.4) is 0 Å². The third-order valence-electron chi connectivity index (χ3n) is 6.71. The van der Waals surface area contributed by atoms with Gasteiger partial charge in [-0.1, -0.05) is 47.5 Å². The van der Waals surface area contributed by atoms with Gasteiger partial charge in [0.25, 0.3) is 0 Å². The number of nitrogens with zero attached hydrogens (tertiary/aromatic N) is 4. The average Bonchev–Trinajstić information content (AvgIpc) is 3.59. The lowest BCUT2D eigenvalue weighted by atomic mass is 9.86. The summed E-state index contributed by atoms with van der Waals surface area (Å²) >= 11 is 12.2. The van der Waals surface area contributed by atoms with Gasteiger partial charge in [0.1, 0.15) is 11.4 Å². The van der Waals surface area contributed by atoms with E-state index < -0.39 is 23.8 Å². The number of carbonyl (C=O) groups excluding carboxylic acids is 3. The molecular weight excluding hydrogens is 555 g/mol. The van der Waals surface area contributed by atoms with E-state index in [0.717, 1.165) is 11.1 Å². The van der Waals surface area contributed by atoms with Gasteiger partial charge in [-0.3, -0.25) is 14.8 Å². The predicted octanol–water partition coefficient (Wildman–Crippen LogP) is 4.93. The molecule has 0 aliphatic carbocycles. The molecule has 0 amide bonds. The van der Waals surface area contributed by atoms with Crippen molar-refractivity contribution in [2.24, 2.45) is 10.2 Å². The van der Waals surface area contributed by atoms with Crippen molar-refractivity contribution in [3.8, 4) is 0 Å². The van der Waals surface area contributed by atoms with E-state index in [-0.39, 0.29) is 17.2 Å². The van der Waals surface area contributed by atoms with E-state index in [1.807, 2.05) is 24.3 Å². The molecule has 9 nitrogen and oxygen atoms in total. The van der Waals surface area contributed by atoms with Gasteiger partial charge in [-0.25, -0.2) is 9.59 Å². The van der Waals surface area contributed by atoms with Crippen LogP contribution in [0.15, 0.2) is 82.3 Å². The molecule has 208 valence electrons. The summed E-state index contributed by atoms with van der Waals surface area (Å²) in [6.07, 6.45) is 2.64. The van der Waals surface area contributed by atoms with Crippen molar-refractivity contribution in [2.75, 3.05) is 27.3 Å². The van der Waals surface area contributed by atoms with E-state index in [0.29, 0.717) is 34.5 Å². The standard InChI is InChI=1S/C29H28Cl2N4O5/c1-17(13-25(36)39-3)34-15-23(19-5-9-21(30)10-6-19)27(32-34)29(38)28-24(20-7-11-22(31)12-8-20)16-35(33-28)18(2)14-26(37)40-4/h5-14,23-24H,15-16H2,1-4H3/b17-13+,18-14+. The highest BCUT2D eigenvalue weighted by Crippen LogP contribution is 2.33. The third kappa shape index (κ3) is 6.43. The molecule has 2 aromatic carbocycles. The fraction of sp³-hybridized carbons (Fsp3) is 0.276. The van der Waals surface area contributed by atoms with Crippen LogP contribution in [0.25, 0.3) is 0 Å². The number of carbonyl (C=O) groups is 3. The van der Waals surface area contributed by atoms with Gasteiger partial charge in [0.05, 0.1) is 39.1 Å². The molecule has 0 saturated carbocycles. The molecule has 40 heavy (non-hydrogen) atoms. The number of hydrogen-bond donors (Lipinski definition) is 0. The Hall–Kier alpha value is -3.95. The second kappa shape index (κ2) is 12.5. The fourth-order valence-corrected chi connectivity index (χ4v) is 4.76. The van der Waals surface area contributed by atoms with E-state index in [4.69, 9.17) is 32.7 Å². The number of methoxy groups -OCH3 is 2. The van der Waals surface area contributed by atoms with E-state index in [1.165, 1.54) is 26.4 Å². The largest absolute Gasteiger partial charge is 0.466 e. The first kappa shape index (κ1) is 29.0. The molecule has 0 fully saturated rings. The lowest BCUT2D eigenvalue weighted by Gasteiger charge is -2.17. The summed E-state index contributed by atoms with van der Waals surface area (Å²) in [5.41, 5.74) is 3.27. The first-order valence-electron chi connectivity index (χ1n) is 12.4. The first-order chi connectivity index (χ1) is 19.1. The number of Topliss-reactive ketones (excluding diaryl/α,β-unsaturated/α-hetero) is 1. The monoisotopic (exact) mass is 582 g/mol. The maximum Gasteiger partial charge on any atom is 0.332 e. The molecule has 0 bridgehead atoms. The normalized spacial score (nSPS) is 19.4. The third-order valence-corrected chi connectivity index (χ3v) is 7.21. The van der Waals surface area contributed by atoms with E-state index in [1.54, 1.807) is 48.1 Å². The lowest BCUT2D eigenvalue weighted by Crippen LogP contribution is -2.31. The number of esters is 2. The summed E-state index contributed by atoms with van der Waals surface area (Å²) < 4.78 is 9.52. The number of halogens is 2. The number of rotatable bonds is 8.